The quantitative estimate of drug-likeness (QED) is 0.315. The van der Waals surface area contributed by atoms with Gasteiger partial charge in [-0.2, -0.15) is 0 Å². The lowest BCUT2D eigenvalue weighted by Crippen LogP contribution is -2.04. The number of hydrogen-bond acceptors (Lipinski definition) is 1. The van der Waals surface area contributed by atoms with Crippen LogP contribution in [0.5, 0.6) is 0 Å². The molecule has 0 aliphatic heterocycles. The second-order valence-electron chi connectivity index (χ2n) is 6.10. The third kappa shape index (κ3) is 9.84. The Balaban J connectivity index is 2.27. The van der Waals surface area contributed by atoms with Crippen LogP contribution in [0.1, 0.15) is 89.9 Å². The van der Waals surface area contributed by atoms with Crippen molar-refractivity contribution in [2.24, 2.45) is 11.0 Å². The number of azide groups is 1. The van der Waals surface area contributed by atoms with Crippen LogP contribution in [0.2, 0.25) is 0 Å². The molecule has 3 heteroatoms. The highest BCUT2D eigenvalue weighted by Gasteiger charge is 2.07. The molecular formula is C16H31N3. The van der Waals surface area contributed by atoms with Crippen molar-refractivity contribution in [1.82, 2.24) is 0 Å². The van der Waals surface area contributed by atoms with Crippen molar-refractivity contribution in [3.8, 4) is 0 Å². The monoisotopic (exact) mass is 265 g/mol. The maximum absolute atomic E-state index is 8.46. The van der Waals surface area contributed by atoms with Crippen LogP contribution in [0, 0.1) is 5.92 Å². The van der Waals surface area contributed by atoms with E-state index in [2.05, 4.69) is 10.0 Å². The molecule has 1 saturated carbocycles. The molecule has 0 unspecified atom stereocenters. The summed E-state index contributed by atoms with van der Waals surface area (Å²) in [5.74, 6) is 0.640. The Hall–Kier alpha value is -0.690. The van der Waals surface area contributed by atoms with Crippen LogP contribution >= 0.6 is 0 Å². The van der Waals surface area contributed by atoms with Crippen molar-refractivity contribution in [2.75, 3.05) is 6.54 Å². The number of rotatable bonds is 2. The summed E-state index contributed by atoms with van der Waals surface area (Å²) in [4.78, 5) is 2.92. The highest BCUT2D eigenvalue weighted by molar-refractivity contribution is 4.64. The van der Waals surface area contributed by atoms with Crippen LogP contribution < -0.4 is 0 Å². The molecule has 1 fully saturated rings. The third-order valence-electron chi connectivity index (χ3n) is 4.38. The predicted octanol–water partition coefficient (Wildman–Crippen LogP) is 6.39. The normalized spacial score (nSPS) is 21.9. The fraction of sp³-hybridized carbons (Fsp3) is 1.00. The molecule has 0 aromatic heterocycles. The van der Waals surface area contributed by atoms with Gasteiger partial charge in [-0.25, -0.2) is 0 Å². The van der Waals surface area contributed by atoms with Gasteiger partial charge < -0.3 is 0 Å². The highest BCUT2D eigenvalue weighted by atomic mass is 15.1. The van der Waals surface area contributed by atoms with Gasteiger partial charge in [-0.1, -0.05) is 95.0 Å². The summed E-state index contributed by atoms with van der Waals surface area (Å²) in [6.45, 7) is 0.719. The molecule has 1 aliphatic rings. The van der Waals surface area contributed by atoms with Gasteiger partial charge in [-0.15, -0.1) is 0 Å². The van der Waals surface area contributed by atoms with E-state index in [-0.39, 0.29) is 0 Å². The second kappa shape index (κ2) is 12.3. The van der Waals surface area contributed by atoms with Crippen LogP contribution in [-0.2, 0) is 0 Å². The molecule has 0 spiro atoms. The summed E-state index contributed by atoms with van der Waals surface area (Å²) < 4.78 is 0. The maximum Gasteiger partial charge on any atom is 0.0286 e. The van der Waals surface area contributed by atoms with Gasteiger partial charge in [-0.05, 0) is 11.4 Å². The Morgan fingerprint density at radius 2 is 1.05 bits per heavy atom. The van der Waals surface area contributed by atoms with Gasteiger partial charge in [0, 0.05) is 11.5 Å². The topological polar surface area (TPSA) is 48.8 Å². The van der Waals surface area contributed by atoms with Gasteiger partial charge in [0.05, 0.1) is 0 Å². The van der Waals surface area contributed by atoms with E-state index in [0.29, 0.717) is 5.92 Å². The lowest BCUT2D eigenvalue weighted by Gasteiger charge is -2.14. The largest absolute Gasteiger partial charge is 0.0937 e. The molecule has 0 aromatic carbocycles. The predicted molar refractivity (Wildman–Crippen MR) is 82.1 cm³/mol. The molecule has 0 atom stereocenters. The van der Waals surface area contributed by atoms with Crippen LogP contribution in [0.3, 0.4) is 0 Å². The van der Waals surface area contributed by atoms with Crippen molar-refractivity contribution in [3.05, 3.63) is 10.4 Å². The minimum absolute atomic E-state index is 0.640. The van der Waals surface area contributed by atoms with E-state index in [1.807, 2.05) is 0 Å². The SMILES string of the molecule is [N-]=[N+]=NCC1CCCCCCCCCCCCCC1. The minimum Gasteiger partial charge on any atom is -0.0937 e. The van der Waals surface area contributed by atoms with Gasteiger partial charge in [0.15, 0.2) is 0 Å². The Bertz CT molecular complexity index is 230. The van der Waals surface area contributed by atoms with Gasteiger partial charge in [-0.3, -0.25) is 0 Å². The van der Waals surface area contributed by atoms with Crippen molar-refractivity contribution < 1.29 is 0 Å². The first-order chi connectivity index (χ1) is 9.43. The van der Waals surface area contributed by atoms with E-state index in [0.717, 1.165) is 6.54 Å². The van der Waals surface area contributed by atoms with Gasteiger partial charge in [0.25, 0.3) is 0 Å². The fourth-order valence-corrected chi connectivity index (χ4v) is 3.11. The van der Waals surface area contributed by atoms with E-state index >= 15 is 0 Å². The lowest BCUT2D eigenvalue weighted by molar-refractivity contribution is 0.412. The molecule has 1 aliphatic carbocycles. The Labute approximate surface area is 118 Å². The van der Waals surface area contributed by atoms with E-state index in [9.17, 15) is 0 Å². The first-order valence-corrected chi connectivity index (χ1v) is 8.44. The van der Waals surface area contributed by atoms with E-state index < -0.39 is 0 Å². The van der Waals surface area contributed by atoms with E-state index in [1.165, 1.54) is 89.9 Å². The lowest BCUT2D eigenvalue weighted by atomic mass is 9.94. The molecule has 0 saturated heterocycles. The zero-order chi connectivity index (χ0) is 13.6. The average molecular weight is 265 g/mol. The first kappa shape index (κ1) is 16.4. The van der Waals surface area contributed by atoms with Crippen molar-refractivity contribution in [2.45, 2.75) is 89.9 Å². The fourth-order valence-electron chi connectivity index (χ4n) is 3.11. The summed E-state index contributed by atoms with van der Waals surface area (Å²) >= 11 is 0. The molecular weight excluding hydrogens is 234 g/mol. The number of nitrogens with zero attached hydrogens (tertiary/aromatic N) is 3. The smallest absolute Gasteiger partial charge is 0.0286 e. The van der Waals surface area contributed by atoms with Crippen molar-refractivity contribution in [3.63, 3.8) is 0 Å². The summed E-state index contributed by atoms with van der Waals surface area (Å²) in [7, 11) is 0. The summed E-state index contributed by atoms with van der Waals surface area (Å²) in [6, 6.07) is 0. The van der Waals surface area contributed by atoms with Crippen molar-refractivity contribution >= 4 is 0 Å². The molecule has 0 aromatic rings. The molecule has 110 valence electrons. The van der Waals surface area contributed by atoms with Gasteiger partial charge >= 0.3 is 0 Å². The summed E-state index contributed by atoms with van der Waals surface area (Å²) in [6.07, 6.45) is 19.3. The van der Waals surface area contributed by atoms with E-state index in [1.54, 1.807) is 0 Å². The van der Waals surface area contributed by atoms with Crippen LogP contribution in [0.4, 0.5) is 0 Å². The molecule has 19 heavy (non-hydrogen) atoms. The minimum atomic E-state index is 0.640. The standard InChI is InChI=1S/C16H31N3/c17-19-18-15-16-13-11-9-7-5-3-1-2-4-6-8-10-12-14-16/h16H,1-15H2. The Morgan fingerprint density at radius 1 is 0.684 bits per heavy atom. The molecule has 0 heterocycles. The van der Waals surface area contributed by atoms with E-state index in [4.69, 9.17) is 5.53 Å². The third-order valence-corrected chi connectivity index (χ3v) is 4.38. The Kier molecular flexibility index (Phi) is 10.6. The Morgan fingerprint density at radius 3 is 1.42 bits per heavy atom. The van der Waals surface area contributed by atoms with Crippen LogP contribution in [0.25, 0.3) is 10.4 Å². The molecule has 0 bridgehead atoms. The van der Waals surface area contributed by atoms with Gasteiger partial charge in [0.2, 0.25) is 0 Å². The zero-order valence-corrected chi connectivity index (χ0v) is 12.5. The molecule has 1 rings (SSSR count). The van der Waals surface area contributed by atoms with Gasteiger partial charge in [0.1, 0.15) is 0 Å². The van der Waals surface area contributed by atoms with Crippen LogP contribution in [0.15, 0.2) is 5.11 Å². The zero-order valence-electron chi connectivity index (χ0n) is 12.5. The maximum atomic E-state index is 8.46. The highest BCUT2D eigenvalue weighted by Crippen LogP contribution is 2.20. The number of hydrogen-bond donors (Lipinski definition) is 0. The second-order valence-corrected chi connectivity index (χ2v) is 6.10. The summed E-state index contributed by atoms with van der Waals surface area (Å²) in [5, 5.41) is 3.79. The molecule has 0 N–H and O–H groups in total. The molecule has 0 radical (unpaired) electrons. The van der Waals surface area contributed by atoms with Crippen molar-refractivity contribution in [1.29, 1.82) is 0 Å². The first-order valence-electron chi connectivity index (χ1n) is 8.44. The molecule has 0 amide bonds. The molecule has 3 nitrogen and oxygen atoms in total. The van der Waals surface area contributed by atoms with Crippen LogP contribution in [-0.4, -0.2) is 6.54 Å². The summed E-state index contributed by atoms with van der Waals surface area (Å²) in [5.41, 5.74) is 8.46. The average Bonchev–Trinajstić information content (AvgIpc) is 2.44.